The Kier molecular flexibility index (Phi) is 4.45. The molecule has 0 aromatic heterocycles. The highest BCUT2D eigenvalue weighted by Gasteiger charge is 2.08. The van der Waals surface area contributed by atoms with Crippen molar-refractivity contribution in [1.82, 2.24) is 0 Å². The zero-order chi connectivity index (χ0) is 12.1. The highest BCUT2D eigenvalue weighted by Crippen LogP contribution is 2.14. The molecule has 1 aromatic rings. The summed E-state index contributed by atoms with van der Waals surface area (Å²) < 4.78 is 26.6. The molecule has 1 unspecified atom stereocenters. The predicted octanol–water partition coefficient (Wildman–Crippen LogP) is 2.75. The first-order valence-corrected chi connectivity index (χ1v) is 5.28. The molecule has 0 aliphatic carbocycles. The van der Waals surface area contributed by atoms with Crippen LogP contribution in [-0.4, -0.2) is 6.04 Å². The van der Waals surface area contributed by atoms with Crippen LogP contribution in [0.3, 0.4) is 0 Å². The summed E-state index contributed by atoms with van der Waals surface area (Å²) in [7, 11) is 0. The molecule has 16 heavy (non-hydrogen) atoms. The molecule has 0 fully saturated rings. The Balaban J connectivity index is 2.94. The minimum Gasteiger partial charge on any atom is -0.318 e. The normalized spacial score (nSPS) is 11.8. The van der Waals surface area contributed by atoms with Gasteiger partial charge in [-0.15, -0.1) is 0 Å². The maximum atomic E-state index is 13.4. The molecule has 1 atom stereocenters. The highest BCUT2D eigenvalue weighted by atomic mass is 19.2. The van der Waals surface area contributed by atoms with Gasteiger partial charge in [0.05, 0.1) is 11.6 Å². The summed E-state index contributed by atoms with van der Waals surface area (Å²) in [6.45, 7) is 3.51. The van der Waals surface area contributed by atoms with Gasteiger partial charge in [0.1, 0.15) is 0 Å². The van der Waals surface area contributed by atoms with E-state index in [1.165, 1.54) is 19.1 Å². The smallest absolute Gasteiger partial charge is 0.174 e. The molecule has 1 nitrogen and oxygen atoms in total. The van der Waals surface area contributed by atoms with E-state index < -0.39 is 11.6 Å². The largest absolute Gasteiger partial charge is 0.318 e. The molecule has 1 aromatic carbocycles. The van der Waals surface area contributed by atoms with Crippen molar-refractivity contribution in [3.63, 3.8) is 0 Å². The average Bonchev–Trinajstić information content (AvgIpc) is 2.25. The van der Waals surface area contributed by atoms with E-state index in [9.17, 15) is 8.78 Å². The first-order valence-electron chi connectivity index (χ1n) is 5.28. The van der Waals surface area contributed by atoms with Crippen LogP contribution < -0.4 is 5.73 Å². The lowest BCUT2D eigenvalue weighted by Gasteiger charge is -2.01. The summed E-state index contributed by atoms with van der Waals surface area (Å²) in [6, 6.07) is 2.70. The molecule has 0 aliphatic rings. The number of benzene rings is 1. The van der Waals surface area contributed by atoms with Gasteiger partial charge < -0.3 is 5.73 Å². The van der Waals surface area contributed by atoms with Crippen LogP contribution >= 0.6 is 0 Å². The Morgan fingerprint density at radius 1 is 1.31 bits per heavy atom. The maximum Gasteiger partial charge on any atom is 0.174 e. The number of hydrogen-bond donors (Lipinski definition) is 1. The number of nitrogens with two attached hydrogens (primary N) is 1. The Bertz CT molecular complexity index is 430. The third-order valence-corrected chi connectivity index (χ3v) is 2.27. The van der Waals surface area contributed by atoms with Gasteiger partial charge >= 0.3 is 0 Å². The van der Waals surface area contributed by atoms with E-state index in [1.54, 1.807) is 0 Å². The molecular formula is C13H15F2N. The lowest BCUT2D eigenvalue weighted by Crippen LogP contribution is -2.16. The fourth-order valence-corrected chi connectivity index (χ4v) is 1.30. The summed E-state index contributed by atoms with van der Waals surface area (Å²) in [6.07, 6.45) is 1.67. The quantitative estimate of drug-likeness (QED) is 0.766. The topological polar surface area (TPSA) is 26.0 Å². The molecule has 2 N–H and O–H groups in total. The molecule has 3 heteroatoms. The van der Waals surface area contributed by atoms with E-state index in [-0.39, 0.29) is 17.2 Å². The molecule has 0 saturated heterocycles. The van der Waals surface area contributed by atoms with Crippen LogP contribution in [0.5, 0.6) is 0 Å². The molecule has 0 heterocycles. The first kappa shape index (κ1) is 12.7. The van der Waals surface area contributed by atoms with Crippen LogP contribution in [0.25, 0.3) is 0 Å². The molecule has 0 amide bonds. The Morgan fingerprint density at radius 2 is 2.00 bits per heavy atom. The van der Waals surface area contributed by atoms with E-state index in [2.05, 4.69) is 11.8 Å². The lowest BCUT2D eigenvalue weighted by molar-refractivity contribution is 0.501. The van der Waals surface area contributed by atoms with Gasteiger partial charge in [0.2, 0.25) is 0 Å². The van der Waals surface area contributed by atoms with E-state index in [0.29, 0.717) is 0 Å². The lowest BCUT2D eigenvalue weighted by atomic mass is 10.1. The van der Waals surface area contributed by atoms with Crippen molar-refractivity contribution >= 4 is 0 Å². The fourth-order valence-electron chi connectivity index (χ4n) is 1.30. The summed E-state index contributed by atoms with van der Waals surface area (Å²) in [4.78, 5) is 0. The molecule has 0 radical (unpaired) electrons. The minimum absolute atomic E-state index is 0.0645. The summed E-state index contributed by atoms with van der Waals surface area (Å²) in [5, 5.41) is 0. The molecule has 1 rings (SSSR count). The van der Waals surface area contributed by atoms with Crippen molar-refractivity contribution in [3.8, 4) is 11.8 Å². The summed E-state index contributed by atoms with van der Waals surface area (Å²) in [5.74, 6) is 3.55. The van der Waals surface area contributed by atoms with E-state index in [1.807, 2.05) is 6.92 Å². The number of rotatable bonds is 2. The second-order valence-electron chi connectivity index (χ2n) is 3.72. The van der Waals surface area contributed by atoms with Gasteiger partial charge in [-0.1, -0.05) is 31.3 Å². The van der Waals surface area contributed by atoms with Crippen LogP contribution in [-0.2, 0) is 0 Å². The highest BCUT2D eigenvalue weighted by molar-refractivity contribution is 5.39. The van der Waals surface area contributed by atoms with Crippen LogP contribution in [0.2, 0.25) is 0 Å². The van der Waals surface area contributed by atoms with Gasteiger partial charge in [-0.05, 0) is 25.0 Å². The molecule has 0 spiro atoms. The van der Waals surface area contributed by atoms with Gasteiger partial charge in [-0.3, -0.25) is 0 Å². The van der Waals surface area contributed by atoms with Crippen molar-refractivity contribution in [2.24, 2.45) is 5.73 Å². The standard InChI is InChI=1S/C13H15F2N/c1-3-4-11(16)8-7-10-6-5-9(2)12(14)13(10)15/h5-6,11H,3-4,16H2,1-2H3. The van der Waals surface area contributed by atoms with Crippen molar-refractivity contribution in [1.29, 1.82) is 0 Å². The van der Waals surface area contributed by atoms with Crippen LogP contribution in [0.4, 0.5) is 8.78 Å². The van der Waals surface area contributed by atoms with E-state index in [4.69, 9.17) is 5.73 Å². The van der Waals surface area contributed by atoms with Crippen molar-refractivity contribution in [3.05, 3.63) is 34.9 Å². The monoisotopic (exact) mass is 223 g/mol. The fraction of sp³-hybridized carbons (Fsp3) is 0.385. The van der Waals surface area contributed by atoms with Gasteiger partial charge in [0.15, 0.2) is 11.6 Å². The third-order valence-electron chi connectivity index (χ3n) is 2.27. The number of halogens is 2. The number of aryl methyl sites for hydroxylation is 1. The zero-order valence-corrected chi connectivity index (χ0v) is 9.48. The summed E-state index contributed by atoms with van der Waals surface area (Å²) >= 11 is 0. The Hall–Kier alpha value is -1.40. The zero-order valence-electron chi connectivity index (χ0n) is 9.48. The van der Waals surface area contributed by atoms with Crippen molar-refractivity contribution in [2.45, 2.75) is 32.7 Å². The maximum absolute atomic E-state index is 13.4. The molecule has 0 aliphatic heterocycles. The van der Waals surface area contributed by atoms with E-state index >= 15 is 0 Å². The average molecular weight is 223 g/mol. The van der Waals surface area contributed by atoms with Gasteiger partial charge in [-0.2, -0.15) is 0 Å². The minimum atomic E-state index is -0.892. The second-order valence-corrected chi connectivity index (χ2v) is 3.72. The SMILES string of the molecule is CCCC(N)C#Cc1ccc(C)c(F)c1F. The Labute approximate surface area is 94.7 Å². The van der Waals surface area contributed by atoms with E-state index in [0.717, 1.165) is 12.8 Å². The third kappa shape index (κ3) is 3.04. The van der Waals surface area contributed by atoms with Gasteiger partial charge in [-0.25, -0.2) is 8.78 Å². The Morgan fingerprint density at radius 3 is 2.62 bits per heavy atom. The van der Waals surface area contributed by atoms with Crippen LogP contribution in [0.15, 0.2) is 12.1 Å². The van der Waals surface area contributed by atoms with Gasteiger partial charge in [0.25, 0.3) is 0 Å². The van der Waals surface area contributed by atoms with Crippen LogP contribution in [0, 0.1) is 30.4 Å². The summed E-state index contributed by atoms with van der Waals surface area (Å²) in [5.41, 5.74) is 6.00. The van der Waals surface area contributed by atoms with Crippen LogP contribution in [0.1, 0.15) is 30.9 Å². The first-order chi connectivity index (χ1) is 7.56. The van der Waals surface area contributed by atoms with Crippen molar-refractivity contribution < 1.29 is 8.78 Å². The van der Waals surface area contributed by atoms with Crippen molar-refractivity contribution in [2.75, 3.05) is 0 Å². The molecule has 0 saturated carbocycles. The molecule has 0 bridgehead atoms. The number of hydrogen-bond acceptors (Lipinski definition) is 1. The van der Waals surface area contributed by atoms with Gasteiger partial charge in [0, 0.05) is 0 Å². The second kappa shape index (κ2) is 5.62. The molecule has 86 valence electrons. The molecular weight excluding hydrogens is 208 g/mol. The predicted molar refractivity (Wildman–Crippen MR) is 60.9 cm³/mol.